The second kappa shape index (κ2) is 19.1. The van der Waals surface area contributed by atoms with Gasteiger partial charge in [-0.1, -0.05) is 74.8 Å². The maximum absolute atomic E-state index is 6.51. The molecule has 246 valence electrons. The lowest BCUT2D eigenvalue weighted by Gasteiger charge is -2.25. The quantitative estimate of drug-likeness (QED) is 0.0458. The van der Waals surface area contributed by atoms with E-state index in [1.165, 1.54) is 25.0 Å². The molecule has 0 saturated heterocycles. The van der Waals surface area contributed by atoms with Crippen LogP contribution in [0.25, 0.3) is 10.8 Å². The molecule has 0 radical (unpaired) electrons. The molecule has 4 aromatic rings. The van der Waals surface area contributed by atoms with Crippen molar-refractivity contribution in [3.8, 4) is 23.0 Å². The average molecular weight is 639 g/mol. The highest BCUT2D eigenvalue weighted by Gasteiger charge is 2.25. The van der Waals surface area contributed by atoms with Gasteiger partial charge in [0.05, 0.1) is 25.0 Å². The van der Waals surface area contributed by atoms with Crippen LogP contribution in [0.3, 0.4) is 0 Å². The van der Waals surface area contributed by atoms with E-state index in [1.807, 2.05) is 48.5 Å². The van der Waals surface area contributed by atoms with Crippen LogP contribution in [0, 0.1) is 0 Å². The second-order valence-electron chi connectivity index (χ2n) is 9.95. The van der Waals surface area contributed by atoms with E-state index in [0.29, 0.717) is 58.6 Å². The minimum absolute atomic E-state index is 0.252. The molecule has 0 fully saturated rings. The molecule has 0 heterocycles. The average Bonchev–Trinajstić information content (AvgIpc) is 3.11. The van der Waals surface area contributed by atoms with E-state index in [9.17, 15) is 0 Å². The molecule has 0 N–H and O–H groups in total. The molecule has 0 amide bonds. The van der Waals surface area contributed by atoms with Crippen LogP contribution in [-0.2, 0) is 18.9 Å². The summed E-state index contributed by atoms with van der Waals surface area (Å²) in [6, 6.07) is 26.1. The van der Waals surface area contributed by atoms with Crippen molar-refractivity contribution in [1.82, 2.24) is 0 Å². The van der Waals surface area contributed by atoms with Gasteiger partial charge in [0.1, 0.15) is 75.9 Å². The highest BCUT2D eigenvalue weighted by molar-refractivity contribution is 5.95. The number of hydrogen-bond donors (Lipinski definition) is 0. The highest BCUT2D eigenvalue weighted by atomic mass is 16.5. The van der Waals surface area contributed by atoms with E-state index < -0.39 is 0 Å². The van der Waals surface area contributed by atoms with Crippen molar-refractivity contribution in [3.05, 3.63) is 147 Å². The van der Waals surface area contributed by atoms with E-state index in [1.54, 1.807) is 0 Å². The topological polar surface area (TPSA) is 73.8 Å². The third kappa shape index (κ3) is 9.99. The van der Waals surface area contributed by atoms with Gasteiger partial charge in [-0.3, -0.25) is 0 Å². The van der Waals surface area contributed by atoms with Crippen LogP contribution in [0.2, 0.25) is 0 Å². The van der Waals surface area contributed by atoms with E-state index in [0.717, 1.165) is 44.7 Å². The van der Waals surface area contributed by atoms with Gasteiger partial charge in [0.15, 0.2) is 0 Å². The maximum Gasteiger partial charge on any atom is 0.131 e. The summed E-state index contributed by atoms with van der Waals surface area (Å²) >= 11 is 0. The fraction of sp³-hybridized carbons (Fsp3) is 0.231. The van der Waals surface area contributed by atoms with E-state index in [2.05, 4.69) is 56.6 Å². The number of hydrogen-bond acceptors (Lipinski definition) is 8. The molecule has 0 aliphatic rings. The Morgan fingerprint density at radius 1 is 0.468 bits per heavy atom. The summed E-state index contributed by atoms with van der Waals surface area (Å²) in [4.78, 5) is 0. The van der Waals surface area contributed by atoms with Crippen molar-refractivity contribution in [2.24, 2.45) is 0 Å². The Morgan fingerprint density at radius 3 is 1.36 bits per heavy atom. The summed E-state index contributed by atoms with van der Waals surface area (Å²) in [5.41, 5.74) is 2.97. The van der Waals surface area contributed by atoms with Gasteiger partial charge in [-0.2, -0.15) is 0 Å². The smallest absolute Gasteiger partial charge is 0.131 e. The molecular weight excluding hydrogens is 596 g/mol. The lowest BCUT2D eigenvalue weighted by molar-refractivity contribution is 0.178. The number of rotatable bonds is 23. The number of fused-ring (bicyclic) bond motifs is 1. The molecule has 0 aromatic heterocycles. The fourth-order valence-electron chi connectivity index (χ4n) is 5.04. The Hall–Kier alpha value is -5.50. The SMILES string of the molecule is C=COCCOc1ccc(C(c2ccc(OCCOC=C)cc2)c2cc(OCCOC=C)c3ccccc3c2OCCOC=C)cc1. The van der Waals surface area contributed by atoms with Crippen molar-refractivity contribution in [2.75, 3.05) is 52.9 Å². The Bertz CT molecular complexity index is 1500. The summed E-state index contributed by atoms with van der Waals surface area (Å²) in [5, 5.41) is 1.84. The lowest BCUT2D eigenvalue weighted by atomic mass is 9.83. The predicted molar refractivity (Wildman–Crippen MR) is 184 cm³/mol. The summed E-state index contributed by atoms with van der Waals surface area (Å²) in [7, 11) is 0. The van der Waals surface area contributed by atoms with Crippen molar-refractivity contribution in [3.63, 3.8) is 0 Å². The van der Waals surface area contributed by atoms with Crippen LogP contribution >= 0.6 is 0 Å². The number of benzene rings is 4. The third-order valence-electron chi connectivity index (χ3n) is 7.04. The van der Waals surface area contributed by atoms with E-state index >= 15 is 0 Å². The van der Waals surface area contributed by atoms with Gasteiger partial charge >= 0.3 is 0 Å². The largest absolute Gasteiger partial charge is 0.498 e. The monoisotopic (exact) mass is 638 g/mol. The van der Waals surface area contributed by atoms with Crippen LogP contribution in [-0.4, -0.2) is 52.9 Å². The lowest BCUT2D eigenvalue weighted by Crippen LogP contribution is -2.12. The summed E-state index contributed by atoms with van der Waals surface area (Å²) in [5.74, 6) is 2.66. The standard InChI is InChI=1S/C39H42O8/c1-5-40-21-25-44-32-17-13-30(14-18-32)38(31-15-19-33(20-16-31)45-26-22-41-6-2)36-29-37(46-27-23-42-7-3)34-11-9-10-12-35(34)39(36)47-28-24-43-8-4/h5-20,29,38H,1-4,21-28H2. The molecule has 4 rings (SSSR count). The van der Waals surface area contributed by atoms with Gasteiger partial charge in [0.2, 0.25) is 0 Å². The minimum Gasteiger partial charge on any atom is -0.498 e. The first-order valence-electron chi connectivity index (χ1n) is 15.4. The Kier molecular flexibility index (Phi) is 14.0. The van der Waals surface area contributed by atoms with Gasteiger partial charge < -0.3 is 37.9 Å². The molecule has 0 aliphatic carbocycles. The fourth-order valence-corrected chi connectivity index (χ4v) is 5.04. The Balaban J connectivity index is 1.81. The molecular formula is C39H42O8. The second-order valence-corrected chi connectivity index (χ2v) is 9.95. The van der Waals surface area contributed by atoms with E-state index in [4.69, 9.17) is 37.9 Å². The molecule has 0 unspecified atom stereocenters. The van der Waals surface area contributed by atoms with Crippen molar-refractivity contribution >= 4 is 10.8 Å². The first-order valence-corrected chi connectivity index (χ1v) is 15.4. The van der Waals surface area contributed by atoms with Gasteiger partial charge in [-0.15, -0.1) is 0 Å². The van der Waals surface area contributed by atoms with Crippen LogP contribution in [0.1, 0.15) is 22.6 Å². The van der Waals surface area contributed by atoms with Crippen molar-refractivity contribution in [1.29, 1.82) is 0 Å². The molecule has 0 spiro atoms. The first-order chi connectivity index (χ1) is 23.2. The number of ether oxygens (including phenoxy) is 8. The Morgan fingerprint density at radius 2 is 0.894 bits per heavy atom. The third-order valence-corrected chi connectivity index (χ3v) is 7.04. The minimum atomic E-state index is -0.252. The molecule has 47 heavy (non-hydrogen) atoms. The zero-order valence-electron chi connectivity index (χ0n) is 26.6. The molecule has 0 bridgehead atoms. The van der Waals surface area contributed by atoms with Crippen molar-refractivity contribution < 1.29 is 37.9 Å². The molecule has 8 nitrogen and oxygen atoms in total. The Labute approximate surface area is 277 Å². The molecule has 8 heteroatoms. The zero-order valence-corrected chi connectivity index (χ0v) is 26.6. The van der Waals surface area contributed by atoms with Crippen molar-refractivity contribution in [2.45, 2.75) is 5.92 Å². The normalized spacial score (nSPS) is 10.5. The van der Waals surface area contributed by atoms with Crippen LogP contribution in [0.15, 0.2) is 130 Å². The van der Waals surface area contributed by atoms with E-state index in [-0.39, 0.29) is 5.92 Å². The molecule has 0 saturated carbocycles. The molecule has 0 atom stereocenters. The van der Waals surface area contributed by atoms with Gasteiger partial charge in [-0.25, -0.2) is 0 Å². The summed E-state index contributed by atoms with van der Waals surface area (Å²) in [6.07, 6.45) is 5.62. The van der Waals surface area contributed by atoms with Gasteiger partial charge in [-0.05, 0) is 41.5 Å². The zero-order chi connectivity index (χ0) is 33.1. The van der Waals surface area contributed by atoms with Crippen LogP contribution < -0.4 is 18.9 Å². The van der Waals surface area contributed by atoms with Crippen LogP contribution in [0.4, 0.5) is 0 Å². The molecule has 4 aromatic carbocycles. The molecule has 0 aliphatic heterocycles. The van der Waals surface area contributed by atoms with Crippen LogP contribution in [0.5, 0.6) is 23.0 Å². The summed E-state index contributed by atoms with van der Waals surface area (Å²) < 4.78 is 45.7. The maximum atomic E-state index is 6.51. The van der Waals surface area contributed by atoms with Gasteiger partial charge in [0.25, 0.3) is 0 Å². The highest BCUT2D eigenvalue weighted by Crippen LogP contribution is 2.45. The first kappa shape index (κ1) is 34.4. The van der Waals surface area contributed by atoms with Gasteiger partial charge in [0, 0.05) is 22.3 Å². The predicted octanol–water partition coefficient (Wildman–Crippen LogP) is 8.18. The summed E-state index contributed by atoms with van der Waals surface area (Å²) in [6.45, 7) is 17.4.